The van der Waals surface area contributed by atoms with Gasteiger partial charge in [-0.2, -0.15) is 0 Å². The molecule has 0 bridgehead atoms. The maximum absolute atomic E-state index is 12.9. The Hall–Kier alpha value is -1.85. The number of carbonyl (C=O) groups excluding carboxylic acids is 1. The Morgan fingerprint density at radius 3 is 2.72 bits per heavy atom. The number of hydrogen-bond donors (Lipinski definition) is 3. The zero-order valence-electron chi connectivity index (χ0n) is 21.8. The van der Waals surface area contributed by atoms with E-state index >= 15 is 0 Å². The zero-order valence-corrected chi connectivity index (χ0v) is 22.5. The van der Waals surface area contributed by atoms with E-state index in [1.165, 1.54) is 32.1 Å². The highest BCUT2D eigenvalue weighted by atomic mass is 35.5. The Labute approximate surface area is 221 Å². The van der Waals surface area contributed by atoms with Crippen LogP contribution in [0.5, 0.6) is 0 Å². The summed E-state index contributed by atoms with van der Waals surface area (Å²) in [5.74, 6) is 1.73. The molecule has 0 aromatic heterocycles. The van der Waals surface area contributed by atoms with E-state index in [4.69, 9.17) is 17.0 Å². The van der Waals surface area contributed by atoms with Crippen LogP contribution < -0.4 is 10.2 Å². The van der Waals surface area contributed by atoms with Crippen molar-refractivity contribution in [1.82, 2.24) is 5.32 Å². The molecule has 1 aromatic carbocycles. The van der Waals surface area contributed by atoms with Gasteiger partial charge in [0.2, 0.25) is 0 Å². The topological polar surface area (TPSA) is 76.4 Å². The van der Waals surface area contributed by atoms with Gasteiger partial charge >= 0.3 is 0 Å². The Morgan fingerprint density at radius 1 is 1.22 bits per heavy atom. The summed E-state index contributed by atoms with van der Waals surface area (Å²) in [4.78, 5) is 15.2. The number of hydrogen-bond acceptors (Lipinski definition) is 5. The number of nitrogens with zero attached hydrogens (tertiary/aromatic N) is 1. The second-order valence-corrected chi connectivity index (χ2v) is 12.2. The van der Waals surface area contributed by atoms with E-state index in [1.807, 2.05) is 12.1 Å². The van der Waals surface area contributed by atoms with Gasteiger partial charge in [0.25, 0.3) is 0 Å². The molecule has 6 heteroatoms. The van der Waals surface area contributed by atoms with Crippen molar-refractivity contribution in [3.63, 3.8) is 0 Å². The number of rotatable bonds is 10. The fourth-order valence-corrected chi connectivity index (χ4v) is 6.98. The van der Waals surface area contributed by atoms with Crippen LogP contribution in [0.15, 0.2) is 29.5 Å². The van der Waals surface area contributed by atoms with Gasteiger partial charge in [-0.3, -0.25) is 10.2 Å². The van der Waals surface area contributed by atoms with Crippen LogP contribution in [-0.2, 0) is 4.79 Å². The Kier molecular flexibility index (Phi) is 7.78. The highest BCUT2D eigenvalue weighted by Crippen LogP contribution is 2.54. The Balaban J connectivity index is 1.12. The minimum Gasteiger partial charge on any atom is -0.390 e. The summed E-state index contributed by atoms with van der Waals surface area (Å²) < 4.78 is 0. The van der Waals surface area contributed by atoms with Gasteiger partial charge < -0.3 is 15.3 Å². The molecule has 3 aliphatic carbocycles. The number of anilines is 1. The highest BCUT2D eigenvalue weighted by Gasteiger charge is 2.49. The molecule has 1 heterocycles. The molecule has 3 fully saturated rings. The number of Topliss-reactive ketones (excluding diaryl/α,β-unsaturated/α-hetero) is 1. The third-order valence-corrected chi connectivity index (χ3v) is 9.75. The van der Waals surface area contributed by atoms with E-state index in [0.29, 0.717) is 37.1 Å². The molecule has 1 saturated heterocycles. The molecule has 1 aromatic rings. The summed E-state index contributed by atoms with van der Waals surface area (Å²) in [5, 5.41) is 24.3. The van der Waals surface area contributed by atoms with Gasteiger partial charge in [-0.1, -0.05) is 49.8 Å². The van der Waals surface area contributed by atoms with Crippen LogP contribution >= 0.6 is 11.6 Å². The van der Waals surface area contributed by atoms with E-state index in [9.17, 15) is 9.90 Å². The second kappa shape index (κ2) is 10.9. The number of fused-ring (bicyclic) bond motifs is 1. The molecule has 3 N–H and O–H groups in total. The Bertz CT molecular complexity index is 1020. The molecular formula is C30H42ClN3O2. The van der Waals surface area contributed by atoms with Gasteiger partial charge in [0.15, 0.2) is 5.78 Å². The van der Waals surface area contributed by atoms with Crippen LogP contribution in [-0.4, -0.2) is 41.8 Å². The van der Waals surface area contributed by atoms with Crippen molar-refractivity contribution in [1.29, 1.82) is 5.41 Å². The van der Waals surface area contributed by atoms with E-state index in [-0.39, 0.29) is 11.5 Å². The predicted molar refractivity (Wildman–Crippen MR) is 147 cm³/mol. The van der Waals surface area contributed by atoms with E-state index in [1.54, 1.807) is 0 Å². The first kappa shape index (κ1) is 25.8. The standard InChI is InChI=1S/C30H42ClN3O2/c1-20-24(31)8-5-9-26(20)34-16-13-30(36,14-17-34)12-15-33-25-19-22-18-23(22)28(25)29(32)27(35)11-10-21-6-3-2-4-7-21/h5,8-9,21-23,32-33,36H,2-4,6-7,10-19H2,1H3/t22-,23-/m1/s1. The smallest absolute Gasteiger partial charge is 0.180 e. The molecule has 0 radical (unpaired) electrons. The highest BCUT2D eigenvalue weighted by molar-refractivity contribution is 6.45. The summed E-state index contributed by atoms with van der Waals surface area (Å²) >= 11 is 6.31. The monoisotopic (exact) mass is 511 g/mol. The van der Waals surface area contributed by atoms with Crippen molar-refractivity contribution in [2.24, 2.45) is 17.8 Å². The van der Waals surface area contributed by atoms with Crippen molar-refractivity contribution >= 4 is 28.8 Å². The van der Waals surface area contributed by atoms with Crippen molar-refractivity contribution in [2.45, 2.75) is 89.6 Å². The molecule has 4 aliphatic rings. The molecule has 2 atom stereocenters. The lowest BCUT2D eigenvalue weighted by Crippen LogP contribution is -2.46. The van der Waals surface area contributed by atoms with Gasteiger partial charge in [-0.15, -0.1) is 0 Å². The molecule has 5 rings (SSSR count). The van der Waals surface area contributed by atoms with Crippen LogP contribution in [0.2, 0.25) is 5.02 Å². The molecule has 0 amide bonds. The summed E-state index contributed by atoms with van der Waals surface area (Å²) in [6.45, 7) is 4.37. The molecule has 0 unspecified atom stereocenters. The van der Waals surface area contributed by atoms with Crippen LogP contribution in [0, 0.1) is 30.1 Å². The number of allylic oxidation sites excluding steroid dienone is 2. The van der Waals surface area contributed by atoms with Crippen molar-refractivity contribution in [3.8, 4) is 0 Å². The molecule has 5 nitrogen and oxygen atoms in total. The first-order valence-electron chi connectivity index (χ1n) is 14.2. The number of carbonyl (C=O) groups is 1. The first-order chi connectivity index (χ1) is 17.3. The number of ketones is 1. The van der Waals surface area contributed by atoms with Crippen LogP contribution in [0.3, 0.4) is 0 Å². The van der Waals surface area contributed by atoms with Crippen molar-refractivity contribution in [2.75, 3.05) is 24.5 Å². The summed E-state index contributed by atoms with van der Waals surface area (Å²) in [6.07, 6.45) is 12.1. The fourth-order valence-electron chi connectivity index (χ4n) is 6.81. The van der Waals surface area contributed by atoms with Crippen LogP contribution in [0.1, 0.15) is 82.6 Å². The zero-order chi connectivity index (χ0) is 25.3. The lowest BCUT2D eigenvalue weighted by molar-refractivity contribution is -0.113. The van der Waals surface area contributed by atoms with Gasteiger partial charge in [0, 0.05) is 48.0 Å². The van der Waals surface area contributed by atoms with Gasteiger partial charge in [-0.05, 0) is 80.9 Å². The summed E-state index contributed by atoms with van der Waals surface area (Å²) in [5.41, 5.74) is 3.94. The molecule has 0 spiro atoms. The lowest BCUT2D eigenvalue weighted by Gasteiger charge is -2.40. The average Bonchev–Trinajstić information content (AvgIpc) is 3.55. The number of nitrogens with one attached hydrogen (secondary N) is 2. The Morgan fingerprint density at radius 2 is 1.97 bits per heavy atom. The molecule has 36 heavy (non-hydrogen) atoms. The molecule has 196 valence electrons. The first-order valence-corrected chi connectivity index (χ1v) is 14.5. The van der Waals surface area contributed by atoms with E-state index < -0.39 is 5.60 Å². The number of halogens is 1. The number of benzene rings is 1. The third kappa shape index (κ3) is 5.67. The van der Waals surface area contributed by atoms with Crippen LogP contribution in [0.25, 0.3) is 0 Å². The lowest BCUT2D eigenvalue weighted by atomic mass is 9.85. The van der Waals surface area contributed by atoms with Crippen molar-refractivity contribution < 1.29 is 9.90 Å². The second-order valence-electron chi connectivity index (χ2n) is 11.8. The maximum atomic E-state index is 12.9. The van der Waals surface area contributed by atoms with Crippen molar-refractivity contribution in [3.05, 3.63) is 40.1 Å². The third-order valence-electron chi connectivity index (χ3n) is 9.34. The molecule has 2 saturated carbocycles. The van der Waals surface area contributed by atoms with E-state index in [2.05, 4.69) is 23.2 Å². The molecular weight excluding hydrogens is 470 g/mol. The number of aliphatic hydroxyl groups is 1. The predicted octanol–water partition coefficient (Wildman–Crippen LogP) is 6.20. The van der Waals surface area contributed by atoms with Crippen LogP contribution in [0.4, 0.5) is 5.69 Å². The SMILES string of the molecule is Cc1c(Cl)cccc1N1CCC(O)(CCNC2=C(C(=N)C(=O)CCC3CCCCC3)[C@@H]3C[C@@H]3C2)CC1. The molecule has 1 aliphatic heterocycles. The quantitative estimate of drug-likeness (QED) is 0.327. The minimum atomic E-state index is -0.679. The van der Waals surface area contributed by atoms with Gasteiger partial charge in [0.1, 0.15) is 5.71 Å². The summed E-state index contributed by atoms with van der Waals surface area (Å²) in [6, 6.07) is 6.02. The largest absolute Gasteiger partial charge is 0.390 e. The number of piperidine rings is 1. The minimum absolute atomic E-state index is 0.0322. The van der Waals surface area contributed by atoms with Gasteiger partial charge in [0.05, 0.1) is 5.60 Å². The van der Waals surface area contributed by atoms with Gasteiger partial charge in [-0.25, -0.2) is 0 Å². The summed E-state index contributed by atoms with van der Waals surface area (Å²) in [7, 11) is 0. The normalized spacial score (nSPS) is 25.6. The fraction of sp³-hybridized carbons (Fsp3) is 0.667. The average molecular weight is 512 g/mol. The maximum Gasteiger partial charge on any atom is 0.180 e. The van der Waals surface area contributed by atoms with E-state index in [0.717, 1.165) is 72.7 Å².